The zero-order valence-electron chi connectivity index (χ0n) is 16.4. The molecular weight excluding hydrogens is 382 g/mol. The second-order valence-corrected chi connectivity index (χ2v) is 8.87. The highest BCUT2D eigenvalue weighted by atomic mass is 32.2. The zero-order valence-corrected chi connectivity index (χ0v) is 17.2. The minimum atomic E-state index is -3.91. The smallest absolute Gasteiger partial charge is 0.254 e. The number of likely N-dealkylation sites (tertiary alicyclic amines) is 1. The molecule has 3 rings (SSSR count). The van der Waals surface area contributed by atoms with Crippen LogP contribution in [0.5, 0.6) is 0 Å². The molecule has 152 valence electrons. The van der Waals surface area contributed by atoms with Crippen LogP contribution in [0.15, 0.2) is 27.6 Å². The number of sulfonamides is 1. The Hall–Kier alpha value is -2.23. The van der Waals surface area contributed by atoms with Crippen molar-refractivity contribution in [2.75, 3.05) is 20.2 Å². The molecule has 0 unspecified atom stereocenters. The molecule has 1 saturated heterocycles. The number of amides is 1. The van der Waals surface area contributed by atoms with Crippen molar-refractivity contribution in [3.8, 4) is 0 Å². The van der Waals surface area contributed by atoms with E-state index in [1.165, 1.54) is 6.07 Å². The number of carbonyl (C=O) groups excluding carboxylic acids is 1. The topological polar surface area (TPSA) is 116 Å². The van der Waals surface area contributed by atoms with Crippen LogP contribution in [0.2, 0.25) is 0 Å². The molecule has 2 aromatic rings. The van der Waals surface area contributed by atoms with Gasteiger partial charge in [0.2, 0.25) is 10.0 Å². The molecule has 2 N–H and O–H groups in total. The number of primary sulfonamides is 1. The fourth-order valence-corrected chi connectivity index (χ4v) is 4.55. The van der Waals surface area contributed by atoms with E-state index in [2.05, 4.69) is 5.16 Å². The summed E-state index contributed by atoms with van der Waals surface area (Å²) in [4.78, 5) is 14.7. The van der Waals surface area contributed by atoms with E-state index in [0.29, 0.717) is 36.2 Å². The third-order valence-electron chi connectivity index (χ3n) is 5.28. The highest BCUT2D eigenvalue weighted by Gasteiger charge is 2.36. The molecule has 28 heavy (non-hydrogen) atoms. The lowest BCUT2D eigenvalue weighted by atomic mass is 10.0. The SMILES string of the molecule is CO[C@H]1CN(C(=O)c2cc(C)c(C)c(S(N)(=O)=O)c2)C[C@H]1Cc1cc(C)no1. The van der Waals surface area contributed by atoms with E-state index in [1.807, 2.05) is 13.0 Å². The van der Waals surface area contributed by atoms with Crippen molar-refractivity contribution in [1.29, 1.82) is 0 Å². The lowest BCUT2D eigenvalue weighted by Gasteiger charge is -2.18. The Morgan fingerprint density at radius 2 is 2.00 bits per heavy atom. The number of aromatic nitrogens is 1. The molecule has 1 aromatic carbocycles. The molecule has 1 aliphatic heterocycles. The maximum Gasteiger partial charge on any atom is 0.254 e. The number of aryl methyl sites for hydroxylation is 2. The highest BCUT2D eigenvalue weighted by Crippen LogP contribution is 2.27. The molecule has 1 amide bonds. The van der Waals surface area contributed by atoms with Gasteiger partial charge in [-0.25, -0.2) is 13.6 Å². The number of hydrogen-bond acceptors (Lipinski definition) is 6. The van der Waals surface area contributed by atoms with Crippen molar-refractivity contribution in [3.63, 3.8) is 0 Å². The predicted octanol–water partition coefficient (Wildman–Crippen LogP) is 1.58. The van der Waals surface area contributed by atoms with Gasteiger partial charge in [0.1, 0.15) is 5.76 Å². The first-order valence-corrected chi connectivity index (χ1v) is 10.5. The van der Waals surface area contributed by atoms with Gasteiger partial charge >= 0.3 is 0 Å². The van der Waals surface area contributed by atoms with Gasteiger partial charge in [0.05, 0.1) is 16.7 Å². The monoisotopic (exact) mass is 407 g/mol. The molecule has 0 spiro atoms. The second kappa shape index (κ2) is 7.65. The van der Waals surface area contributed by atoms with Crippen LogP contribution in [0.25, 0.3) is 0 Å². The summed E-state index contributed by atoms with van der Waals surface area (Å²) >= 11 is 0. The molecule has 9 heteroatoms. The van der Waals surface area contributed by atoms with Gasteiger partial charge < -0.3 is 14.2 Å². The Kier molecular flexibility index (Phi) is 5.60. The Balaban J connectivity index is 1.84. The van der Waals surface area contributed by atoms with E-state index >= 15 is 0 Å². The van der Waals surface area contributed by atoms with Crippen molar-refractivity contribution in [1.82, 2.24) is 10.1 Å². The van der Waals surface area contributed by atoms with Crippen LogP contribution in [-0.2, 0) is 21.2 Å². The number of benzene rings is 1. The summed E-state index contributed by atoms with van der Waals surface area (Å²) in [7, 11) is -2.30. The maximum atomic E-state index is 13.1. The van der Waals surface area contributed by atoms with Gasteiger partial charge in [0, 0.05) is 44.2 Å². The first-order chi connectivity index (χ1) is 13.1. The van der Waals surface area contributed by atoms with Crippen molar-refractivity contribution >= 4 is 15.9 Å². The average molecular weight is 407 g/mol. The standard InChI is InChI=1S/C19H25N3O5S/c1-11-5-14(8-18(13(11)3)28(20,24)25)19(23)22-9-15(17(10-22)26-4)7-16-6-12(2)21-27-16/h5-6,8,15,17H,7,9-10H2,1-4H3,(H2,20,24,25)/t15-,17+/m1/s1. The van der Waals surface area contributed by atoms with Crippen LogP contribution in [0.1, 0.15) is 32.9 Å². The summed E-state index contributed by atoms with van der Waals surface area (Å²) in [6, 6.07) is 4.93. The Morgan fingerprint density at radius 1 is 1.29 bits per heavy atom. The predicted molar refractivity (Wildman–Crippen MR) is 102 cm³/mol. The van der Waals surface area contributed by atoms with Crippen LogP contribution >= 0.6 is 0 Å². The van der Waals surface area contributed by atoms with E-state index in [1.54, 1.807) is 31.9 Å². The molecule has 0 saturated carbocycles. The largest absolute Gasteiger partial charge is 0.379 e. The molecule has 0 bridgehead atoms. The molecule has 1 fully saturated rings. The fraction of sp³-hybridized carbons (Fsp3) is 0.474. The van der Waals surface area contributed by atoms with Gasteiger partial charge in [-0.2, -0.15) is 0 Å². The number of hydrogen-bond donors (Lipinski definition) is 1. The van der Waals surface area contributed by atoms with Crippen molar-refractivity contribution in [2.45, 2.75) is 38.2 Å². The first kappa shape index (κ1) is 20.5. The summed E-state index contributed by atoms with van der Waals surface area (Å²) < 4.78 is 34.6. The molecule has 8 nitrogen and oxygen atoms in total. The average Bonchev–Trinajstić information content (AvgIpc) is 3.21. The van der Waals surface area contributed by atoms with Crippen LogP contribution < -0.4 is 5.14 Å². The molecule has 2 atom stereocenters. The Bertz CT molecular complexity index is 999. The van der Waals surface area contributed by atoms with Crippen LogP contribution in [0.4, 0.5) is 0 Å². The number of rotatable bonds is 5. The van der Waals surface area contributed by atoms with Crippen LogP contribution in [0.3, 0.4) is 0 Å². The van der Waals surface area contributed by atoms with Gasteiger partial charge in [0.15, 0.2) is 0 Å². The lowest BCUT2D eigenvalue weighted by Crippen LogP contribution is -2.30. The van der Waals surface area contributed by atoms with Gasteiger partial charge in [-0.3, -0.25) is 4.79 Å². The van der Waals surface area contributed by atoms with Crippen molar-refractivity contribution < 1.29 is 22.5 Å². The lowest BCUT2D eigenvalue weighted by molar-refractivity contribution is 0.0672. The maximum absolute atomic E-state index is 13.1. The number of methoxy groups -OCH3 is 1. The van der Waals surface area contributed by atoms with E-state index in [-0.39, 0.29) is 22.8 Å². The quantitative estimate of drug-likeness (QED) is 0.804. The zero-order chi connectivity index (χ0) is 20.6. The highest BCUT2D eigenvalue weighted by molar-refractivity contribution is 7.89. The fourth-order valence-electron chi connectivity index (χ4n) is 3.67. The summed E-state index contributed by atoms with van der Waals surface area (Å²) in [5.41, 5.74) is 2.36. The van der Waals surface area contributed by atoms with Crippen molar-refractivity contribution in [2.24, 2.45) is 11.1 Å². The Labute approximate surface area is 164 Å². The third-order valence-corrected chi connectivity index (χ3v) is 6.32. The van der Waals surface area contributed by atoms with E-state index in [9.17, 15) is 13.2 Å². The second-order valence-electron chi connectivity index (χ2n) is 7.34. The number of carbonyl (C=O) groups is 1. The van der Waals surface area contributed by atoms with E-state index in [4.69, 9.17) is 14.4 Å². The normalized spacial score (nSPS) is 20.0. The summed E-state index contributed by atoms with van der Waals surface area (Å²) in [5.74, 6) is 0.568. The molecule has 1 aliphatic rings. The van der Waals surface area contributed by atoms with Gasteiger partial charge in [0.25, 0.3) is 5.91 Å². The molecule has 0 aliphatic carbocycles. The van der Waals surface area contributed by atoms with Gasteiger partial charge in [-0.1, -0.05) is 5.16 Å². The molecule has 1 aromatic heterocycles. The molecular formula is C19H25N3O5S. The summed E-state index contributed by atoms with van der Waals surface area (Å²) in [6.07, 6.45) is 0.469. The minimum absolute atomic E-state index is 0.0213. The minimum Gasteiger partial charge on any atom is -0.379 e. The van der Waals surface area contributed by atoms with Gasteiger partial charge in [-0.15, -0.1) is 0 Å². The first-order valence-electron chi connectivity index (χ1n) is 8.98. The van der Waals surface area contributed by atoms with E-state index < -0.39 is 10.0 Å². The number of nitrogens with zero attached hydrogens (tertiary/aromatic N) is 2. The molecule has 0 radical (unpaired) electrons. The van der Waals surface area contributed by atoms with Gasteiger partial charge in [-0.05, 0) is 44.0 Å². The van der Waals surface area contributed by atoms with Crippen molar-refractivity contribution in [3.05, 3.63) is 46.3 Å². The number of ether oxygens (including phenoxy) is 1. The molecule has 2 heterocycles. The number of nitrogens with two attached hydrogens (primary N) is 1. The summed E-state index contributed by atoms with van der Waals surface area (Å²) in [6.45, 7) is 6.20. The van der Waals surface area contributed by atoms with E-state index in [0.717, 1.165) is 11.5 Å². The van der Waals surface area contributed by atoms with Crippen LogP contribution in [0, 0.1) is 26.7 Å². The van der Waals surface area contributed by atoms with Crippen LogP contribution in [-0.4, -0.2) is 50.7 Å². The third kappa shape index (κ3) is 4.11. The Morgan fingerprint density at radius 3 is 2.57 bits per heavy atom. The summed E-state index contributed by atoms with van der Waals surface area (Å²) in [5, 5.41) is 9.21.